The van der Waals surface area contributed by atoms with E-state index in [1.165, 1.54) is 18.4 Å². The van der Waals surface area contributed by atoms with Crippen molar-refractivity contribution >= 4 is 29.9 Å². The normalized spacial score (nSPS) is 20.0. The minimum absolute atomic E-state index is 0. The minimum Gasteiger partial charge on any atom is -0.487 e. The van der Waals surface area contributed by atoms with Gasteiger partial charge < -0.3 is 15.4 Å². The van der Waals surface area contributed by atoms with Gasteiger partial charge in [-0.2, -0.15) is 0 Å². The fraction of sp³-hybridized carbons (Fsp3) is 0.455. The largest absolute Gasteiger partial charge is 0.487 e. The number of guanidine groups is 1. The van der Waals surface area contributed by atoms with Crippen LogP contribution in [0.4, 0.5) is 0 Å². The summed E-state index contributed by atoms with van der Waals surface area (Å²) in [4.78, 5) is 8.81. The molecule has 2 N–H and O–H groups in total. The molecular weight excluding hydrogens is 463 g/mol. The summed E-state index contributed by atoms with van der Waals surface area (Å²) in [5.74, 6) is 1.85. The predicted molar refractivity (Wildman–Crippen MR) is 123 cm³/mol. The molecule has 1 fully saturated rings. The zero-order valence-corrected chi connectivity index (χ0v) is 18.7. The lowest BCUT2D eigenvalue weighted by molar-refractivity contribution is 0.0396. The molecule has 1 aromatic carbocycles. The van der Waals surface area contributed by atoms with Gasteiger partial charge in [-0.05, 0) is 43.9 Å². The van der Waals surface area contributed by atoms with Crippen molar-refractivity contribution in [2.75, 3.05) is 13.6 Å². The monoisotopic (exact) mass is 492 g/mol. The zero-order valence-electron chi connectivity index (χ0n) is 16.4. The Hall–Kier alpha value is -1.83. The summed E-state index contributed by atoms with van der Waals surface area (Å²) >= 11 is 0. The van der Waals surface area contributed by atoms with Crippen LogP contribution < -0.4 is 15.4 Å². The van der Waals surface area contributed by atoms with Crippen LogP contribution in [-0.2, 0) is 6.42 Å². The third-order valence-corrected chi connectivity index (χ3v) is 5.65. The van der Waals surface area contributed by atoms with E-state index in [4.69, 9.17) is 4.74 Å². The van der Waals surface area contributed by atoms with Gasteiger partial charge in [0.25, 0.3) is 0 Å². The number of halogens is 1. The van der Waals surface area contributed by atoms with E-state index in [2.05, 4.69) is 50.9 Å². The van der Waals surface area contributed by atoms with E-state index in [0.717, 1.165) is 49.6 Å². The Balaban J connectivity index is 0.00000225. The maximum atomic E-state index is 6.46. The van der Waals surface area contributed by atoms with Crippen LogP contribution in [0.1, 0.15) is 49.4 Å². The summed E-state index contributed by atoms with van der Waals surface area (Å²) in [7, 11) is 1.83. The number of hydrogen-bond acceptors (Lipinski definition) is 3. The first kappa shape index (κ1) is 20.9. The maximum absolute atomic E-state index is 6.46. The highest BCUT2D eigenvalue weighted by atomic mass is 127. The number of rotatable bonds is 4. The molecule has 0 radical (unpaired) electrons. The van der Waals surface area contributed by atoms with E-state index in [-0.39, 0.29) is 35.6 Å². The number of hydrogen-bond donors (Lipinski definition) is 2. The second kappa shape index (κ2) is 9.58. The zero-order chi connectivity index (χ0) is 18.5. The van der Waals surface area contributed by atoms with Crippen LogP contribution in [0.15, 0.2) is 53.7 Å². The second-order valence-corrected chi connectivity index (χ2v) is 7.50. The summed E-state index contributed by atoms with van der Waals surface area (Å²) in [6.07, 6.45) is 8.50. The van der Waals surface area contributed by atoms with Crippen molar-refractivity contribution < 1.29 is 4.74 Å². The average Bonchev–Trinajstić information content (AvgIpc) is 3.15. The highest BCUT2D eigenvalue weighted by Crippen LogP contribution is 2.46. The van der Waals surface area contributed by atoms with E-state index >= 15 is 0 Å². The van der Waals surface area contributed by atoms with Crippen molar-refractivity contribution in [3.8, 4) is 5.75 Å². The van der Waals surface area contributed by atoms with Crippen LogP contribution in [-0.4, -0.2) is 30.1 Å². The average molecular weight is 492 g/mol. The molecule has 1 saturated carbocycles. The van der Waals surface area contributed by atoms with Gasteiger partial charge in [-0.15, -0.1) is 24.0 Å². The van der Waals surface area contributed by atoms with Crippen molar-refractivity contribution in [3.05, 3.63) is 59.9 Å². The van der Waals surface area contributed by atoms with E-state index in [1.807, 2.05) is 25.4 Å². The Morgan fingerprint density at radius 2 is 1.96 bits per heavy atom. The number of nitrogens with zero attached hydrogens (tertiary/aromatic N) is 2. The number of benzene rings is 1. The van der Waals surface area contributed by atoms with Gasteiger partial charge in [-0.1, -0.05) is 24.3 Å². The summed E-state index contributed by atoms with van der Waals surface area (Å²) in [5, 5.41) is 7.07. The van der Waals surface area contributed by atoms with Crippen LogP contribution in [0.2, 0.25) is 0 Å². The summed E-state index contributed by atoms with van der Waals surface area (Å²) < 4.78 is 6.46. The van der Waals surface area contributed by atoms with Gasteiger partial charge in [-0.3, -0.25) is 9.98 Å². The van der Waals surface area contributed by atoms with E-state index < -0.39 is 0 Å². The van der Waals surface area contributed by atoms with Gasteiger partial charge in [0, 0.05) is 43.9 Å². The summed E-state index contributed by atoms with van der Waals surface area (Å²) in [6.45, 7) is 0.798. The van der Waals surface area contributed by atoms with E-state index in [1.54, 1.807) is 0 Å². The third-order valence-electron chi connectivity index (χ3n) is 5.65. The Kier molecular flexibility index (Phi) is 7.15. The molecule has 1 unspecified atom stereocenters. The number of fused-ring (bicyclic) bond motifs is 1. The molecular formula is C22H29IN4O. The first-order chi connectivity index (χ1) is 13.3. The first-order valence-electron chi connectivity index (χ1n) is 9.93. The number of aromatic nitrogens is 1. The Morgan fingerprint density at radius 1 is 1.18 bits per heavy atom. The molecule has 0 saturated heterocycles. The molecule has 6 heteroatoms. The van der Waals surface area contributed by atoms with Crippen LogP contribution in [0.3, 0.4) is 0 Å². The molecule has 0 amide bonds. The molecule has 1 spiro atoms. The standard InChI is InChI=1S/C22H28N4O.HI/c1-23-21(25-15-11-17-8-4-7-14-24-17)26-19-16-22(12-5-6-13-22)27-20-10-3-2-9-18(19)20;/h2-4,7-10,14,19H,5-6,11-13,15-16H2,1H3,(H2,23,25,26);1H. The minimum atomic E-state index is -0.0150. The second-order valence-electron chi connectivity index (χ2n) is 7.50. The van der Waals surface area contributed by atoms with Gasteiger partial charge in [0.05, 0.1) is 6.04 Å². The predicted octanol–water partition coefficient (Wildman–Crippen LogP) is 4.24. The van der Waals surface area contributed by atoms with Gasteiger partial charge in [0.15, 0.2) is 5.96 Å². The highest BCUT2D eigenvalue weighted by Gasteiger charge is 2.43. The lowest BCUT2D eigenvalue weighted by Crippen LogP contribution is -2.47. The smallest absolute Gasteiger partial charge is 0.191 e. The SMILES string of the molecule is CN=C(NCCc1ccccn1)NC1CC2(CCCC2)Oc2ccccc21.I. The summed E-state index contributed by atoms with van der Waals surface area (Å²) in [6, 6.07) is 14.6. The molecule has 2 aromatic rings. The molecule has 150 valence electrons. The van der Waals surface area contributed by atoms with E-state index in [0.29, 0.717) is 0 Å². The van der Waals surface area contributed by atoms with Crippen molar-refractivity contribution in [1.82, 2.24) is 15.6 Å². The van der Waals surface area contributed by atoms with E-state index in [9.17, 15) is 0 Å². The number of nitrogens with one attached hydrogen (secondary N) is 2. The first-order valence-corrected chi connectivity index (χ1v) is 9.93. The van der Waals surface area contributed by atoms with Gasteiger partial charge in [-0.25, -0.2) is 0 Å². The topological polar surface area (TPSA) is 58.5 Å². The van der Waals surface area contributed by atoms with Gasteiger partial charge >= 0.3 is 0 Å². The number of ether oxygens (including phenoxy) is 1. The molecule has 4 rings (SSSR count). The molecule has 28 heavy (non-hydrogen) atoms. The van der Waals surface area contributed by atoms with Crippen molar-refractivity contribution in [1.29, 1.82) is 0 Å². The highest BCUT2D eigenvalue weighted by molar-refractivity contribution is 14.0. The molecule has 1 aromatic heterocycles. The maximum Gasteiger partial charge on any atom is 0.191 e. The Morgan fingerprint density at radius 3 is 2.71 bits per heavy atom. The van der Waals surface area contributed by atoms with Crippen LogP contribution in [0.5, 0.6) is 5.75 Å². The van der Waals surface area contributed by atoms with Crippen molar-refractivity contribution in [3.63, 3.8) is 0 Å². The fourth-order valence-electron chi connectivity index (χ4n) is 4.29. The van der Waals surface area contributed by atoms with Crippen LogP contribution in [0, 0.1) is 0 Å². The van der Waals surface area contributed by atoms with Gasteiger partial charge in [0.2, 0.25) is 0 Å². The quantitative estimate of drug-likeness (QED) is 0.381. The van der Waals surface area contributed by atoms with Gasteiger partial charge in [0.1, 0.15) is 11.4 Å². The fourth-order valence-corrected chi connectivity index (χ4v) is 4.29. The molecule has 1 aliphatic heterocycles. The lowest BCUT2D eigenvalue weighted by atomic mass is 9.86. The van der Waals surface area contributed by atoms with Crippen molar-refractivity contribution in [2.24, 2.45) is 4.99 Å². The Labute approximate surface area is 184 Å². The molecule has 2 heterocycles. The van der Waals surface area contributed by atoms with Crippen LogP contribution in [0.25, 0.3) is 0 Å². The number of aliphatic imine (C=N–C) groups is 1. The Bertz CT molecular complexity index is 790. The third kappa shape index (κ3) is 4.77. The van der Waals surface area contributed by atoms with Crippen LogP contribution >= 0.6 is 24.0 Å². The number of pyridine rings is 1. The lowest BCUT2D eigenvalue weighted by Gasteiger charge is -2.40. The number of para-hydroxylation sites is 1. The molecule has 5 nitrogen and oxygen atoms in total. The molecule has 1 aliphatic carbocycles. The summed E-state index contributed by atoms with van der Waals surface area (Å²) in [5.41, 5.74) is 2.29. The molecule has 0 bridgehead atoms. The molecule has 1 atom stereocenters. The van der Waals surface area contributed by atoms with Crippen molar-refractivity contribution in [2.45, 2.75) is 50.2 Å². The molecule has 2 aliphatic rings.